The number of methoxy groups -OCH3 is 1. The number of nitrogens with zero attached hydrogens (tertiary/aromatic N) is 2. The van der Waals surface area contributed by atoms with E-state index < -0.39 is 0 Å². The molecule has 2 aliphatic carbocycles. The Hall–Kier alpha value is -0.650. The summed E-state index contributed by atoms with van der Waals surface area (Å²) >= 11 is 1.77. The predicted octanol–water partition coefficient (Wildman–Crippen LogP) is 2.01. The Morgan fingerprint density at radius 3 is 2.94 bits per heavy atom. The number of hydrogen-bond acceptors (Lipinski definition) is 5. The van der Waals surface area contributed by atoms with Crippen LogP contribution in [0.15, 0.2) is 5.38 Å². The van der Waals surface area contributed by atoms with Gasteiger partial charge in [0.2, 0.25) is 0 Å². The summed E-state index contributed by atoms with van der Waals surface area (Å²) in [5, 5.41) is 6.87. The molecule has 0 aromatic carbocycles. The minimum Gasteiger partial charge on any atom is -0.383 e. The van der Waals surface area contributed by atoms with Crippen molar-refractivity contribution in [3.05, 3.63) is 11.1 Å². The summed E-state index contributed by atoms with van der Waals surface area (Å²) in [6.07, 6.45) is 5.27. The molecule has 1 aromatic rings. The van der Waals surface area contributed by atoms with E-state index in [1.807, 2.05) is 0 Å². The van der Waals surface area contributed by atoms with E-state index in [9.17, 15) is 0 Å². The maximum absolute atomic E-state index is 5.19. The minimum absolute atomic E-state index is 0.704. The molecule has 100 valence electrons. The van der Waals surface area contributed by atoms with Gasteiger partial charge in [-0.15, -0.1) is 11.3 Å². The third kappa shape index (κ3) is 3.22. The lowest BCUT2D eigenvalue weighted by molar-refractivity contribution is 0.205. The Morgan fingerprint density at radius 1 is 1.44 bits per heavy atom. The monoisotopic (exact) mass is 267 g/mol. The number of rotatable bonds is 8. The summed E-state index contributed by atoms with van der Waals surface area (Å²) in [7, 11) is 1.76. The molecule has 0 radical (unpaired) electrons. The first kappa shape index (κ1) is 12.4. The van der Waals surface area contributed by atoms with E-state index in [0.717, 1.165) is 25.7 Å². The van der Waals surface area contributed by atoms with E-state index >= 15 is 0 Å². The largest absolute Gasteiger partial charge is 0.383 e. The van der Waals surface area contributed by atoms with Gasteiger partial charge in [0.1, 0.15) is 0 Å². The molecule has 1 N–H and O–H groups in total. The first-order valence-corrected chi connectivity index (χ1v) is 7.68. The summed E-state index contributed by atoms with van der Waals surface area (Å²) in [6.45, 7) is 2.67. The van der Waals surface area contributed by atoms with Crippen molar-refractivity contribution in [2.45, 2.75) is 44.3 Å². The van der Waals surface area contributed by atoms with Crippen LogP contribution in [0.5, 0.6) is 0 Å². The fourth-order valence-corrected chi connectivity index (χ4v) is 2.98. The van der Waals surface area contributed by atoms with Crippen LogP contribution < -0.4 is 10.2 Å². The fraction of sp³-hybridized carbons (Fsp3) is 0.769. The van der Waals surface area contributed by atoms with Crippen molar-refractivity contribution in [2.24, 2.45) is 0 Å². The Morgan fingerprint density at radius 2 is 2.28 bits per heavy atom. The molecule has 3 rings (SSSR count). The van der Waals surface area contributed by atoms with E-state index in [1.165, 1.54) is 36.5 Å². The van der Waals surface area contributed by atoms with E-state index in [0.29, 0.717) is 6.04 Å². The normalized spacial score (nSPS) is 19.2. The van der Waals surface area contributed by atoms with Crippen molar-refractivity contribution < 1.29 is 4.74 Å². The molecule has 2 fully saturated rings. The summed E-state index contributed by atoms with van der Waals surface area (Å²) in [5.74, 6) is 0. The molecule has 1 aromatic heterocycles. The number of ether oxygens (including phenoxy) is 1. The molecule has 5 heteroatoms. The second-order valence-electron chi connectivity index (χ2n) is 5.19. The van der Waals surface area contributed by atoms with Crippen LogP contribution in [0.25, 0.3) is 0 Å². The first-order chi connectivity index (χ1) is 8.86. The molecule has 0 atom stereocenters. The lowest BCUT2D eigenvalue weighted by Gasteiger charge is -2.20. The second-order valence-corrected chi connectivity index (χ2v) is 6.03. The smallest absolute Gasteiger partial charge is 0.185 e. The Labute approximate surface area is 112 Å². The molecule has 0 aliphatic heterocycles. The van der Waals surface area contributed by atoms with Gasteiger partial charge < -0.3 is 15.0 Å². The van der Waals surface area contributed by atoms with Crippen LogP contribution in [0.1, 0.15) is 31.4 Å². The molecule has 4 nitrogen and oxygen atoms in total. The van der Waals surface area contributed by atoms with E-state index in [-0.39, 0.29) is 0 Å². The Bertz CT molecular complexity index is 387. The topological polar surface area (TPSA) is 37.4 Å². The molecular weight excluding hydrogens is 246 g/mol. The average molecular weight is 267 g/mol. The lowest BCUT2D eigenvalue weighted by Crippen LogP contribution is -2.29. The zero-order valence-corrected chi connectivity index (χ0v) is 11.7. The molecule has 0 amide bonds. The summed E-state index contributed by atoms with van der Waals surface area (Å²) in [5.41, 5.74) is 1.19. The highest BCUT2D eigenvalue weighted by molar-refractivity contribution is 7.13. The molecule has 2 saturated carbocycles. The number of anilines is 1. The lowest BCUT2D eigenvalue weighted by atomic mass is 10.4. The molecule has 18 heavy (non-hydrogen) atoms. The highest BCUT2D eigenvalue weighted by Gasteiger charge is 2.30. The summed E-state index contributed by atoms with van der Waals surface area (Å²) < 4.78 is 5.19. The van der Waals surface area contributed by atoms with Crippen LogP contribution in [-0.2, 0) is 11.3 Å². The van der Waals surface area contributed by atoms with Crippen molar-refractivity contribution in [3.63, 3.8) is 0 Å². The number of hydrogen-bond donors (Lipinski definition) is 1. The van der Waals surface area contributed by atoms with Gasteiger partial charge in [-0.25, -0.2) is 4.98 Å². The molecule has 1 heterocycles. The van der Waals surface area contributed by atoms with Crippen LogP contribution in [0, 0.1) is 0 Å². The van der Waals surface area contributed by atoms with Gasteiger partial charge in [0.15, 0.2) is 5.13 Å². The van der Waals surface area contributed by atoms with Crippen molar-refractivity contribution in [1.82, 2.24) is 10.3 Å². The molecule has 0 bridgehead atoms. The summed E-state index contributed by atoms with van der Waals surface area (Å²) in [4.78, 5) is 7.16. The predicted molar refractivity (Wildman–Crippen MR) is 74.2 cm³/mol. The number of nitrogens with one attached hydrogen (secondary N) is 1. The van der Waals surface area contributed by atoms with Gasteiger partial charge in [-0.2, -0.15) is 0 Å². The quantitative estimate of drug-likeness (QED) is 0.782. The van der Waals surface area contributed by atoms with Crippen LogP contribution in [0.4, 0.5) is 5.13 Å². The third-order valence-electron chi connectivity index (χ3n) is 3.46. The van der Waals surface area contributed by atoms with Crippen LogP contribution in [-0.4, -0.2) is 37.3 Å². The maximum Gasteiger partial charge on any atom is 0.185 e. The van der Waals surface area contributed by atoms with Gasteiger partial charge in [-0.1, -0.05) is 0 Å². The average Bonchev–Trinajstić information content (AvgIpc) is 3.28. The van der Waals surface area contributed by atoms with Crippen molar-refractivity contribution >= 4 is 16.5 Å². The van der Waals surface area contributed by atoms with Gasteiger partial charge in [0.25, 0.3) is 0 Å². The Kier molecular flexibility index (Phi) is 3.82. The Balaban J connectivity index is 1.57. The molecular formula is C13H21N3OS. The second kappa shape index (κ2) is 5.55. The third-order valence-corrected chi connectivity index (χ3v) is 4.39. The van der Waals surface area contributed by atoms with Crippen LogP contribution in [0.2, 0.25) is 0 Å². The maximum atomic E-state index is 5.19. The highest BCUT2D eigenvalue weighted by Crippen LogP contribution is 2.33. The zero-order chi connectivity index (χ0) is 12.4. The van der Waals surface area contributed by atoms with Crippen molar-refractivity contribution in [3.8, 4) is 0 Å². The zero-order valence-electron chi connectivity index (χ0n) is 10.9. The number of thiazole rings is 1. The molecule has 0 spiro atoms. The fourth-order valence-electron chi connectivity index (χ4n) is 2.06. The van der Waals surface area contributed by atoms with Gasteiger partial charge in [-0.05, 0) is 25.7 Å². The van der Waals surface area contributed by atoms with E-state index in [4.69, 9.17) is 9.72 Å². The van der Waals surface area contributed by atoms with Crippen molar-refractivity contribution in [2.75, 3.05) is 25.2 Å². The molecule has 2 aliphatic rings. The van der Waals surface area contributed by atoms with Gasteiger partial charge in [0, 0.05) is 37.7 Å². The molecule has 0 saturated heterocycles. The van der Waals surface area contributed by atoms with Gasteiger partial charge in [-0.3, -0.25) is 0 Å². The van der Waals surface area contributed by atoms with E-state index in [1.54, 1.807) is 18.4 Å². The SMILES string of the molecule is COCCN(c1nc(CNC2CC2)cs1)C1CC1. The van der Waals surface area contributed by atoms with Crippen LogP contribution in [0.3, 0.4) is 0 Å². The highest BCUT2D eigenvalue weighted by atomic mass is 32.1. The molecule has 0 unspecified atom stereocenters. The van der Waals surface area contributed by atoms with E-state index in [2.05, 4.69) is 15.6 Å². The number of aromatic nitrogens is 1. The summed E-state index contributed by atoms with van der Waals surface area (Å²) in [6, 6.07) is 1.46. The van der Waals surface area contributed by atoms with Gasteiger partial charge >= 0.3 is 0 Å². The van der Waals surface area contributed by atoms with Crippen molar-refractivity contribution in [1.29, 1.82) is 0 Å². The standard InChI is InChI=1S/C13H21N3OS/c1-17-7-6-16(12-4-5-12)13-15-11(9-18-13)8-14-10-2-3-10/h9-10,12,14H,2-8H2,1H3. The minimum atomic E-state index is 0.704. The van der Waals surface area contributed by atoms with Crippen LogP contribution >= 0.6 is 11.3 Å². The van der Waals surface area contributed by atoms with Gasteiger partial charge in [0.05, 0.1) is 12.3 Å². The first-order valence-electron chi connectivity index (χ1n) is 6.80.